The largest absolute Gasteiger partial charge is 0.0888 e. The summed E-state index contributed by atoms with van der Waals surface area (Å²) < 4.78 is 0. The van der Waals surface area contributed by atoms with Crippen LogP contribution in [0, 0.1) is 5.92 Å². The molecule has 0 aromatic carbocycles. The molecule has 10 heavy (non-hydrogen) atoms. The normalized spacial score (nSPS) is 18.5. The quantitative estimate of drug-likeness (QED) is 0.402. The molecule has 0 aromatic heterocycles. The topological polar surface area (TPSA) is 0 Å². The lowest BCUT2D eigenvalue weighted by Crippen LogP contribution is -1.74. The van der Waals surface area contributed by atoms with Gasteiger partial charge in [0.1, 0.15) is 0 Å². The van der Waals surface area contributed by atoms with Crippen LogP contribution in [-0.4, -0.2) is 0 Å². The third kappa shape index (κ3) is 3.71. The van der Waals surface area contributed by atoms with Gasteiger partial charge in [0.05, 0.1) is 0 Å². The molecular weight excluding hydrogens is 120 g/mol. The minimum atomic E-state index is 1.12. The first kappa shape index (κ1) is 7.84. The van der Waals surface area contributed by atoms with E-state index in [0.717, 1.165) is 5.92 Å². The van der Waals surface area contributed by atoms with E-state index < -0.39 is 0 Å². The van der Waals surface area contributed by atoms with Gasteiger partial charge in [-0.1, -0.05) is 38.3 Å². The lowest BCUT2D eigenvalue weighted by atomic mass is 10.1. The molecular formula is C10H18. The molecule has 0 saturated heterocycles. The van der Waals surface area contributed by atoms with E-state index in [1.165, 1.54) is 38.5 Å². The second-order valence-electron chi connectivity index (χ2n) is 3.25. The number of hydrogen-bond donors (Lipinski definition) is 0. The molecule has 0 unspecified atom stereocenters. The van der Waals surface area contributed by atoms with Gasteiger partial charge >= 0.3 is 0 Å². The Bertz CT molecular complexity index is 98.6. The molecule has 0 bridgehead atoms. The maximum Gasteiger partial charge on any atom is -0.0351 e. The molecule has 0 atom stereocenters. The van der Waals surface area contributed by atoms with Crippen LogP contribution < -0.4 is 0 Å². The predicted octanol–water partition coefficient (Wildman–Crippen LogP) is 3.53. The summed E-state index contributed by atoms with van der Waals surface area (Å²) in [5, 5.41) is 0. The average Bonchev–Trinajstić information content (AvgIpc) is 2.71. The molecule has 0 amide bonds. The lowest BCUT2D eigenvalue weighted by molar-refractivity contribution is 0.674. The van der Waals surface area contributed by atoms with Gasteiger partial charge in [0, 0.05) is 0 Å². The maximum absolute atomic E-state index is 2.32. The molecule has 0 spiro atoms. The van der Waals surface area contributed by atoms with Crippen molar-refractivity contribution in [2.24, 2.45) is 5.92 Å². The van der Waals surface area contributed by atoms with Gasteiger partial charge in [0.15, 0.2) is 0 Å². The highest BCUT2D eigenvalue weighted by molar-refractivity contribution is 4.81. The van der Waals surface area contributed by atoms with Gasteiger partial charge in [-0.05, 0) is 25.2 Å². The molecule has 1 aliphatic rings. The molecule has 1 aliphatic carbocycles. The average molecular weight is 138 g/mol. The SMILES string of the molecule is CCC=CCCCC1CC1. The van der Waals surface area contributed by atoms with Crippen LogP contribution in [-0.2, 0) is 0 Å². The molecule has 0 radical (unpaired) electrons. The fraction of sp³-hybridized carbons (Fsp3) is 0.800. The van der Waals surface area contributed by atoms with Crippen LogP contribution in [0.3, 0.4) is 0 Å². The maximum atomic E-state index is 2.32. The Morgan fingerprint density at radius 3 is 2.70 bits per heavy atom. The monoisotopic (exact) mass is 138 g/mol. The van der Waals surface area contributed by atoms with Crippen molar-refractivity contribution in [1.82, 2.24) is 0 Å². The van der Waals surface area contributed by atoms with Crippen LogP contribution >= 0.6 is 0 Å². The van der Waals surface area contributed by atoms with Gasteiger partial charge in [-0.25, -0.2) is 0 Å². The van der Waals surface area contributed by atoms with Crippen molar-refractivity contribution < 1.29 is 0 Å². The van der Waals surface area contributed by atoms with Crippen molar-refractivity contribution in [1.29, 1.82) is 0 Å². The van der Waals surface area contributed by atoms with Crippen LogP contribution in [0.25, 0.3) is 0 Å². The minimum absolute atomic E-state index is 1.12. The second-order valence-corrected chi connectivity index (χ2v) is 3.25. The van der Waals surface area contributed by atoms with Gasteiger partial charge in [-0.15, -0.1) is 0 Å². The van der Waals surface area contributed by atoms with Crippen LogP contribution in [0.4, 0.5) is 0 Å². The third-order valence-corrected chi connectivity index (χ3v) is 2.08. The van der Waals surface area contributed by atoms with E-state index in [1.54, 1.807) is 0 Å². The fourth-order valence-corrected chi connectivity index (χ4v) is 1.22. The molecule has 0 N–H and O–H groups in total. The smallest absolute Gasteiger partial charge is 0.0351 e. The standard InChI is InChI=1S/C10H18/c1-2-3-4-5-6-7-10-8-9-10/h3-4,10H,2,5-9H2,1H3. The molecule has 0 heteroatoms. The van der Waals surface area contributed by atoms with Crippen molar-refractivity contribution in [3.05, 3.63) is 12.2 Å². The van der Waals surface area contributed by atoms with Crippen molar-refractivity contribution in [3.63, 3.8) is 0 Å². The first-order valence-electron chi connectivity index (χ1n) is 4.58. The Hall–Kier alpha value is -0.260. The molecule has 58 valence electrons. The van der Waals surface area contributed by atoms with Crippen molar-refractivity contribution >= 4 is 0 Å². The van der Waals surface area contributed by atoms with Crippen molar-refractivity contribution in [3.8, 4) is 0 Å². The molecule has 1 rings (SSSR count). The number of unbranched alkanes of at least 4 members (excludes halogenated alkanes) is 1. The van der Waals surface area contributed by atoms with Gasteiger partial charge in [-0.3, -0.25) is 0 Å². The molecule has 1 saturated carbocycles. The van der Waals surface area contributed by atoms with E-state index >= 15 is 0 Å². The van der Waals surface area contributed by atoms with Gasteiger partial charge in [0.25, 0.3) is 0 Å². The van der Waals surface area contributed by atoms with Crippen molar-refractivity contribution in [2.75, 3.05) is 0 Å². The van der Waals surface area contributed by atoms with Gasteiger partial charge < -0.3 is 0 Å². The molecule has 0 aliphatic heterocycles. The van der Waals surface area contributed by atoms with Gasteiger partial charge in [-0.2, -0.15) is 0 Å². The summed E-state index contributed by atoms with van der Waals surface area (Å²) in [6, 6.07) is 0. The molecule has 0 nitrogen and oxygen atoms in total. The van der Waals surface area contributed by atoms with E-state index in [2.05, 4.69) is 19.1 Å². The zero-order valence-corrected chi connectivity index (χ0v) is 6.97. The number of hydrogen-bond acceptors (Lipinski definition) is 0. The fourth-order valence-electron chi connectivity index (χ4n) is 1.22. The summed E-state index contributed by atoms with van der Waals surface area (Å²) in [5.74, 6) is 1.12. The van der Waals surface area contributed by atoms with Gasteiger partial charge in [0.2, 0.25) is 0 Å². The Labute approximate surface area is 64.3 Å². The van der Waals surface area contributed by atoms with E-state index in [9.17, 15) is 0 Å². The van der Waals surface area contributed by atoms with Crippen LogP contribution in [0.2, 0.25) is 0 Å². The Morgan fingerprint density at radius 2 is 2.10 bits per heavy atom. The summed E-state index contributed by atoms with van der Waals surface area (Å²) in [6.07, 6.45) is 13.0. The Morgan fingerprint density at radius 1 is 1.30 bits per heavy atom. The summed E-state index contributed by atoms with van der Waals surface area (Å²) in [7, 11) is 0. The lowest BCUT2D eigenvalue weighted by Gasteiger charge is -1.91. The summed E-state index contributed by atoms with van der Waals surface area (Å²) >= 11 is 0. The van der Waals surface area contributed by atoms with E-state index in [4.69, 9.17) is 0 Å². The predicted molar refractivity (Wildman–Crippen MR) is 46.0 cm³/mol. The molecule has 0 heterocycles. The van der Waals surface area contributed by atoms with Crippen LogP contribution in [0.5, 0.6) is 0 Å². The highest BCUT2D eigenvalue weighted by Gasteiger charge is 2.19. The second kappa shape index (κ2) is 4.54. The van der Waals surface area contributed by atoms with Crippen LogP contribution in [0.15, 0.2) is 12.2 Å². The summed E-state index contributed by atoms with van der Waals surface area (Å²) in [5.41, 5.74) is 0. The minimum Gasteiger partial charge on any atom is -0.0888 e. The van der Waals surface area contributed by atoms with Crippen molar-refractivity contribution in [2.45, 2.75) is 45.4 Å². The highest BCUT2D eigenvalue weighted by Crippen LogP contribution is 2.33. The summed E-state index contributed by atoms with van der Waals surface area (Å²) in [6.45, 7) is 2.19. The number of rotatable bonds is 5. The highest BCUT2D eigenvalue weighted by atomic mass is 14.2. The van der Waals surface area contributed by atoms with E-state index in [-0.39, 0.29) is 0 Å². The zero-order valence-electron chi connectivity index (χ0n) is 6.97. The van der Waals surface area contributed by atoms with Crippen LogP contribution in [0.1, 0.15) is 45.4 Å². The first-order chi connectivity index (χ1) is 4.93. The van der Waals surface area contributed by atoms with E-state index in [1.807, 2.05) is 0 Å². The third-order valence-electron chi connectivity index (χ3n) is 2.08. The number of allylic oxidation sites excluding steroid dienone is 2. The summed E-state index contributed by atoms with van der Waals surface area (Å²) in [4.78, 5) is 0. The molecule has 0 aromatic rings. The molecule has 1 fully saturated rings. The Balaban J connectivity index is 1.80. The van der Waals surface area contributed by atoms with E-state index in [0.29, 0.717) is 0 Å². The Kier molecular flexibility index (Phi) is 3.56. The zero-order chi connectivity index (χ0) is 7.23. The first-order valence-corrected chi connectivity index (χ1v) is 4.58.